The topological polar surface area (TPSA) is 33.0 Å². The first kappa shape index (κ1) is 16.8. The molecule has 22 heavy (non-hydrogen) atoms. The summed E-state index contributed by atoms with van der Waals surface area (Å²) in [4.78, 5) is 0. The number of rotatable bonds is 8. The fourth-order valence-corrected chi connectivity index (χ4v) is 3.30. The van der Waals surface area contributed by atoms with E-state index in [0.29, 0.717) is 5.92 Å². The number of allylic oxidation sites excluding steroid dienone is 1. The van der Waals surface area contributed by atoms with Gasteiger partial charge in [-0.1, -0.05) is 18.2 Å². The van der Waals surface area contributed by atoms with Crippen molar-refractivity contribution in [3.8, 4) is 6.07 Å². The van der Waals surface area contributed by atoms with E-state index in [-0.39, 0.29) is 0 Å². The van der Waals surface area contributed by atoms with Crippen molar-refractivity contribution in [2.24, 2.45) is 5.92 Å². The lowest BCUT2D eigenvalue weighted by molar-refractivity contribution is 0.111. The highest BCUT2D eigenvalue weighted by Gasteiger charge is 2.22. The van der Waals surface area contributed by atoms with Gasteiger partial charge in [0.1, 0.15) is 0 Å². The molecule has 0 radical (unpaired) electrons. The summed E-state index contributed by atoms with van der Waals surface area (Å²) in [6, 6.07) is 10.3. The van der Waals surface area contributed by atoms with Crippen LogP contribution >= 0.6 is 0 Å². The van der Waals surface area contributed by atoms with Gasteiger partial charge in [-0.3, -0.25) is 0 Å². The third-order valence-corrected chi connectivity index (χ3v) is 4.73. The van der Waals surface area contributed by atoms with Crippen LogP contribution in [0.1, 0.15) is 62.0 Å². The monoisotopic (exact) mass is 297 g/mol. The van der Waals surface area contributed by atoms with Crippen molar-refractivity contribution in [3.05, 3.63) is 48.0 Å². The van der Waals surface area contributed by atoms with E-state index in [4.69, 9.17) is 10.00 Å². The lowest BCUT2D eigenvalue weighted by atomic mass is 9.77. The van der Waals surface area contributed by atoms with Crippen LogP contribution in [0.15, 0.2) is 36.9 Å². The fraction of sp³-hybridized carbons (Fsp3) is 0.550. The summed E-state index contributed by atoms with van der Waals surface area (Å²) < 4.78 is 5.70. The number of nitriles is 1. The molecule has 0 spiro atoms. The number of benzene rings is 1. The average Bonchev–Trinajstić information content (AvgIpc) is 2.59. The first-order valence-electron chi connectivity index (χ1n) is 8.52. The molecule has 0 heterocycles. The SMILES string of the molecule is C=CCCCOCC[C@H]1CC[C@H](c2ccc(C#N)cc2)CC1. The molecule has 1 saturated carbocycles. The van der Waals surface area contributed by atoms with Crippen LogP contribution in [0.3, 0.4) is 0 Å². The average molecular weight is 297 g/mol. The second kappa shape index (κ2) is 9.43. The molecule has 2 heteroatoms. The Balaban J connectivity index is 1.65. The first-order chi connectivity index (χ1) is 10.8. The molecule has 0 unspecified atom stereocenters. The predicted octanol–water partition coefficient (Wildman–Crippen LogP) is 5.20. The normalized spacial score (nSPS) is 21.2. The summed E-state index contributed by atoms with van der Waals surface area (Å²) in [7, 11) is 0. The van der Waals surface area contributed by atoms with Crippen LogP contribution in [0.4, 0.5) is 0 Å². The molecule has 1 fully saturated rings. The summed E-state index contributed by atoms with van der Waals surface area (Å²) in [5.74, 6) is 1.51. The zero-order chi connectivity index (χ0) is 15.6. The van der Waals surface area contributed by atoms with Crippen molar-refractivity contribution in [2.75, 3.05) is 13.2 Å². The van der Waals surface area contributed by atoms with Crippen LogP contribution in [-0.4, -0.2) is 13.2 Å². The predicted molar refractivity (Wildman–Crippen MR) is 90.7 cm³/mol. The molecule has 1 aliphatic rings. The van der Waals surface area contributed by atoms with Gasteiger partial charge >= 0.3 is 0 Å². The van der Waals surface area contributed by atoms with E-state index in [2.05, 4.69) is 24.8 Å². The summed E-state index contributed by atoms with van der Waals surface area (Å²) in [6.07, 6.45) is 10.5. The van der Waals surface area contributed by atoms with Crippen molar-refractivity contribution >= 4 is 0 Å². The van der Waals surface area contributed by atoms with Crippen molar-refractivity contribution in [1.29, 1.82) is 5.26 Å². The van der Waals surface area contributed by atoms with E-state index in [1.54, 1.807) is 0 Å². The maximum Gasteiger partial charge on any atom is 0.0991 e. The van der Waals surface area contributed by atoms with E-state index < -0.39 is 0 Å². The highest BCUT2D eigenvalue weighted by molar-refractivity contribution is 5.33. The van der Waals surface area contributed by atoms with E-state index >= 15 is 0 Å². The number of hydrogen-bond donors (Lipinski definition) is 0. The molecule has 0 aliphatic heterocycles. The molecular formula is C20H27NO. The second-order valence-corrected chi connectivity index (χ2v) is 6.28. The van der Waals surface area contributed by atoms with Crippen molar-refractivity contribution < 1.29 is 4.74 Å². The summed E-state index contributed by atoms with van der Waals surface area (Å²) >= 11 is 0. The first-order valence-corrected chi connectivity index (χ1v) is 8.52. The quantitative estimate of drug-likeness (QED) is 0.488. The van der Waals surface area contributed by atoms with Crippen molar-refractivity contribution in [3.63, 3.8) is 0 Å². The fourth-order valence-electron chi connectivity index (χ4n) is 3.30. The van der Waals surface area contributed by atoms with Gasteiger partial charge in [-0.25, -0.2) is 0 Å². The minimum absolute atomic E-state index is 0.678. The lowest BCUT2D eigenvalue weighted by Gasteiger charge is -2.28. The van der Waals surface area contributed by atoms with Crippen LogP contribution in [0, 0.1) is 17.2 Å². The molecule has 1 aromatic carbocycles. The Morgan fingerprint density at radius 2 is 1.86 bits per heavy atom. The van der Waals surface area contributed by atoms with Crippen molar-refractivity contribution in [2.45, 2.75) is 50.9 Å². The Labute approximate surface area is 134 Å². The highest BCUT2D eigenvalue weighted by atomic mass is 16.5. The highest BCUT2D eigenvalue weighted by Crippen LogP contribution is 2.37. The molecule has 0 N–H and O–H groups in total. The molecule has 118 valence electrons. The van der Waals surface area contributed by atoms with E-state index in [0.717, 1.165) is 37.5 Å². The third kappa shape index (κ3) is 5.31. The largest absolute Gasteiger partial charge is 0.381 e. The molecule has 0 atom stereocenters. The van der Waals surface area contributed by atoms with Gasteiger partial charge < -0.3 is 4.74 Å². The number of hydrogen-bond acceptors (Lipinski definition) is 2. The van der Waals surface area contributed by atoms with Crippen LogP contribution in [0.25, 0.3) is 0 Å². The minimum atomic E-state index is 0.678. The molecule has 0 amide bonds. The van der Waals surface area contributed by atoms with Crippen LogP contribution < -0.4 is 0 Å². The van der Waals surface area contributed by atoms with Crippen LogP contribution in [0.5, 0.6) is 0 Å². The zero-order valence-corrected chi connectivity index (χ0v) is 13.5. The summed E-state index contributed by atoms with van der Waals surface area (Å²) in [5.41, 5.74) is 2.16. The van der Waals surface area contributed by atoms with Gasteiger partial charge in [0, 0.05) is 13.2 Å². The Bertz CT molecular complexity index is 477. The van der Waals surface area contributed by atoms with E-state index in [9.17, 15) is 0 Å². The van der Waals surface area contributed by atoms with Gasteiger partial charge in [-0.05, 0) is 74.5 Å². The molecule has 2 nitrogen and oxygen atoms in total. The summed E-state index contributed by atoms with van der Waals surface area (Å²) in [5, 5.41) is 8.86. The number of nitrogens with zero attached hydrogens (tertiary/aromatic N) is 1. The number of ether oxygens (including phenoxy) is 1. The number of unbranched alkanes of at least 4 members (excludes halogenated alkanes) is 1. The maximum absolute atomic E-state index is 8.86. The molecule has 1 aliphatic carbocycles. The Hall–Kier alpha value is -1.59. The molecule has 0 bridgehead atoms. The van der Waals surface area contributed by atoms with Gasteiger partial charge in [-0.15, -0.1) is 6.58 Å². The summed E-state index contributed by atoms with van der Waals surface area (Å²) in [6.45, 7) is 5.50. The van der Waals surface area contributed by atoms with Gasteiger partial charge in [-0.2, -0.15) is 5.26 Å². The third-order valence-electron chi connectivity index (χ3n) is 4.73. The standard InChI is InChI=1S/C20H27NO/c1-2-3-4-14-22-15-13-17-5-9-19(10-6-17)20-11-7-18(16-21)8-12-20/h2,7-8,11-12,17,19H,1,3-6,9-10,13-15H2/t17-,19-. The van der Waals surface area contributed by atoms with Gasteiger partial charge in [0.25, 0.3) is 0 Å². The van der Waals surface area contributed by atoms with E-state index in [1.807, 2.05) is 18.2 Å². The van der Waals surface area contributed by atoms with Crippen LogP contribution in [0.2, 0.25) is 0 Å². The molecular weight excluding hydrogens is 270 g/mol. The maximum atomic E-state index is 8.86. The zero-order valence-electron chi connectivity index (χ0n) is 13.5. The smallest absolute Gasteiger partial charge is 0.0991 e. The Morgan fingerprint density at radius 3 is 2.50 bits per heavy atom. The van der Waals surface area contributed by atoms with Crippen molar-refractivity contribution in [1.82, 2.24) is 0 Å². The molecule has 2 rings (SSSR count). The lowest BCUT2D eigenvalue weighted by Crippen LogP contribution is -2.15. The van der Waals surface area contributed by atoms with Gasteiger partial charge in [0.05, 0.1) is 11.6 Å². The van der Waals surface area contributed by atoms with E-state index in [1.165, 1.54) is 37.7 Å². The molecule has 1 aromatic rings. The van der Waals surface area contributed by atoms with Gasteiger partial charge in [0.15, 0.2) is 0 Å². The molecule has 0 aromatic heterocycles. The van der Waals surface area contributed by atoms with Gasteiger partial charge in [0.2, 0.25) is 0 Å². The van der Waals surface area contributed by atoms with Crippen LogP contribution in [-0.2, 0) is 4.74 Å². The minimum Gasteiger partial charge on any atom is -0.381 e. The Morgan fingerprint density at radius 1 is 1.14 bits per heavy atom. The second-order valence-electron chi connectivity index (χ2n) is 6.28. The molecule has 0 saturated heterocycles. The Kier molecular flexibility index (Phi) is 7.19.